The summed E-state index contributed by atoms with van der Waals surface area (Å²) in [6, 6.07) is 0. The maximum absolute atomic E-state index is 12.1. The topological polar surface area (TPSA) is 58.0 Å². The Morgan fingerprint density at radius 2 is 2.15 bits per heavy atom. The van der Waals surface area contributed by atoms with Gasteiger partial charge in [0.15, 0.2) is 5.69 Å². The van der Waals surface area contributed by atoms with Crippen LogP contribution in [0.5, 0.6) is 0 Å². The number of carboxylic acids is 1. The van der Waals surface area contributed by atoms with Crippen LogP contribution in [0.4, 0.5) is 13.2 Å². The molecule has 1 aromatic heterocycles. The number of hydrogen-bond donors (Lipinski definition) is 0. The third-order valence-corrected chi connectivity index (χ3v) is 1.32. The minimum Gasteiger partial charge on any atom is -0.545 e. The Labute approximate surface area is 70.6 Å². The third-order valence-electron chi connectivity index (χ3n) is 1.32. The van der Waals surface area contributed by atoms with E-state index in [0.29, 0.717) is 0 Å². The molecule has 0 atom stereocenters. The van der Waals surface area contributed by atoms with Crippen molar-refractivity contribution in [2.24, 2.45) is 7.05 Å². The Morgan fingerprint density at radius 3 is 2.46 bits per heavy atom. The molecule has 0 fully saturated rings. The molecule has 0 aromatic carbocycles. The fourth-order valence-corrected chi connectivity index (χ4v) is 0.847. The zero-order valence-electron chi connectivity index (χ0n) is 6.42. The van der Waals surface area contributed by atoms with Crippen molar-refractivity contribution in [3.8, 4) is 0 Å². The quantitative estimate of drug-likeness (QED) is 0.620. The van der Waals surface area contributed by atoms with Crippen LogP contribution >= 0.6 is 0 Å². The lowest BCUT2D eigenvalue weighted by Crippen LogP contribution is -2.25. The van der Waals surface area contributed by atoms with Crippen LogP contribution in [-0.4, -0.2) is 15.7 Å². The standard InChI is InChI=1S/C6H5F3N2O2/c1-11-2-3(5(12)13)4(10-11)6(7,8)9/h2H,1H3,(H,12,13)/p-1. The SMILES string of the molecule is Cn1cc(C(=O)[O-])c(C(F)(F)F)n1. The summed E-state index contributed by atoms with van der Waals surface area (Å²) in [6.45, 7) is 0. The molecule has 0 aliphatic heterocycles. The van der Waals surface area contributed by atoms with Gasteiger partial charge >= 0.3 is 6.18 Å². The fraction of sp³-hybridized carbons (Fsp3) is 0.333. The Morgan fingerprint density at radius 1 is 1.62 bits per heavy atom. The molecule has 0 amide bonds. The lowest BCUT2D eigenvalue weighted by molar-refractivity contribution is -0.255. The van der Waals surface area contributed by atoms with E-state index in [4.69, 9.17) is 0 Å². The summed E-state index contributed by atoms with van der Waals surface area (Å²) in [7, 11) is 1.20. The first kappa shape index (κ1) is 9.56. The molecule has 13 heavy (non-hydrogen) atoms. The second-order valence-corrected chi connectivity index (χ2v) is 2.35. The minimum absolute atomic E-state index is 0.748. The number of aromatic carboxylic acids is 1. The van der Waals surface area contributed by atoms with E-state index in [0.717, 1.165) is 10.9 Å². The molecule has 1 heterocycles. The van der Waals surface area contributed by atoms with E-state index in [1.807, 2.05) is 0 Å². The van der Waals surface area contributed by atoms with Crippen LogP contribution in [-0.2, 0) is 13.2 Å². The first-order chi connectivity index (χ1) is 5.82. The van der Waals surface area contributed by atoms with Gasteiger partial charge in [-0.3, -0.25) is 4.68 Å². The summed E-state index contributed by atoms with van der Waals surface area (Å²) in [4.78, 5) is 10.2. The molecule has 0 aliphatic rings. The molecular formula is C6H4F3N2O2-. The lowest BCUT2D eigenvalue weighted by atomic mass is 10.2. The normalized spacial score (nSPS) is 11.7. The summed E-state index contributed by atoms with van der Waals surface area (Å²) in [6.07, 6.45) is -4.02. The van der Waals surface area contributed by atoms with Gasteiger partial charge in [0, 0.05) is 18.8 Å². The Kier molecular flexibility index (Phi) is 2.02. The summed E-state index contributed by atoms with van der Waals surface area (Å²) in [5, 5.41) is 13.2. The lowest BCUT2D eigenvalue weighted by Gasteiger charge is -2.05. The van der Waals surface area contributed by atoms with Crippen LogP contribution in [0.3, 0.4) is 0 Å². The maximum atomic E-state index is 12.1. The molecule has 0 saturated heterocycles. The number of rotatable bonds is 1. The molecule has 0 unspecified atom stereocenters. The van der Waals surface area contributed by atoms with Crippen molar-refractivity contribution in [3.63, 3.8) is 0 Å². The first-order valence-electron chi connectivity index (χ1n) is 3.14. The Bertz CT molecular complexity index is 342. The highest BCUT2D eigenvalue weighted by molar-refractivity contribution is 5.87. The number of hydrogen-bond acceptors (Lipinski definition) is 3. The molecule has 0 aliphatic carbocycles. The number of carboxylic acid groups (broad SMARTS) is 1. The summed E-state index contributed by atoms with van der Waals surface area (Å²) in [5.74, 6) is -1.89. The van der Waals surface area contributed by atoms with Crippen molar-refractivity contribution in [1.29, 1.82) is 0 Å². The molecule has 72 valence electrons. The molecule has 1 rings (SSSR count). The van der Waals surface area contributed by atoms with Crippen molar-refractivity contribution in [3.05, 3.63) is 17.5 Å². The van der Waals surface area contributed by atoms with E-state index in [9.17, 15) is 23.1 Å². The van der Waals surface area contributed by atoms with Gasteiger partial charge in [0.2, 0.25) is 0 Å². The summed E-state index contributed by atoms with van der Waals surface area (Å²) in [5.41, 5.74) is -2.38. The molecular weight excluding hydrogens is 189 g/mol. The number of nitrogens with zero attached hydrogens (tertiary/aromatic N) is 2. The zero-order valence-corrected chi connectivity index (χ0v) is 6.42. The van der Waals surface area contributed by atoms with Gasteiger partial charge in [0.25, 0.3) is 0 Å². The molecule has 0 saturated carbocycles. The molecule has 0 radical (unpaired) electrons. The number of aryl methyl sites for hydroxylation is 1. The molecule has 0 spiro atoms. The van der Waals surface area contributed by atoms with Gasteiger partial charge in [0.05, 0.1) is 5.97 Å². The van der Waals surface area contributed by atoms with Gasteiger partial charge in [-0.25, -0.2) is 0 Å². The van der Waals surface area contributed by atoms with E-state index >= 15 is 0 Å². The second-order valence-electron chi connectivity index (χ2n) is 2.35. The number of aromatic nitrogens is 2. The van der Waals surface area contributed by atoms with Crippen molar-refractivity contribution in [1.82, 2.24) is 9.78 Å². The van der Waals surface area contributed by atoms with E-state index in [1.165, 1.54) is 7.05 Å². The molecule has 7 heteroatoms. The van der Waals surface area contributed by atoms with Gasteiger partial charge in [-0.1, -0.05) is 0 Å². The van der Waals surface area contributed by atoms with Crippen molar-refractivity contribution < 1.29 is 23.1 Å². The molecule has 0 bridgehead atoms. The predicted molar refractivity (Wildman–Crippen MR) is 32.5 cm³/mol. The molecule has 1 aromatic rings. The highest BCUT2D eigenvalue weighted by atomic mass is 19.4. The van der Waals surface area contributed by atoms with Crippen molar-refractivity contribution >= 4 is 5.97 Å². The monoisotopic (exact) mass is 193 g/mol. The van der Waals surface area contributed by atoms with Crippen molar-refractivity contribution in [2.75, 3.05) is 0 Å². The highest BCUT2D eigenvalue weighted by Crippen LogP contribution is 2.29. The van der Waals surface area contributed by atoms with Crippen molar-refractivity contribution in [2.45, 2.75) is 6.18 Å². The predicted octanol–water partition coefficient (Wildman–Crippen LogP) is -0.198. The highest BCUT2D eigenvalue weighted by Gasteiger charge is 2.37. The van der Waals surface area contributed by atoms with Gasteiger partial charge in [-0.05, 0) is 0 Å². The van der Waals surface area contributed by atoms with Crippen LogP contribution in [0.2, 0.25) is 0 Å². The average Bonchev–Trinajstić information content (AvgIpc) is 2.29. The van der Waals surface area contributed by atoms with Gasteiger partial charge in [-0.2, -0.15) is 18.3 Å². The Hall–Kier alpha value is -1.53. The average molecular weight is 193 g/mol. The summed E-state index contributed by atoms with van der Waals surface area (Å²) < 4.78 is 36.9. The fourth-order valence-electron chi connectivity index (χ4n) is 0.847. The Balaban J connectivity index is 3.28. The zero-order chi connectivity index (χ0) is 10.2. The second kappa shape index (κ2) is 2.75. The van der Waals surface area contributed by atoms with Gasteiger partial charge in [0.1, 0.15) is 0 Å². The van der Waals surface area contributed by atoms with E-state index < -0.39 is 23.4 Å². The number of carbonyl (C=O) groups is 1. The number of alkyl halides is 3. The third kappa shape index (κ3) is 1.79. The van der Waals surface area contributed by atoms with Crippen LogP contribution in [0.15, 0.2) is 6.20 Å². The van der Waals surface area contributed by atoms with E-state index in [2.05, 4.69) is 5.10 Å². The van der Waals surface area contributed by atoms with Crippen LogP contribution < -0.4 is 5.11 Å². The van der Waals surface area contributed by atoms with Crippen LogP contribution in [0, 0.1) is 0 Å². The first-order valence-corrected chi connectivity index (χ1v) is 3.14. The van der Waals surface area contributed by atoms with Gasteiger partial charge in [-0.15, -0.1) is 0 Å². The van der Waals surface area contributed by atoms with E-state index in [-0.39, 0.29) is 0 Å². The van der Waals surface area contributed by atoms with E-state index in [1.54, 1.807) is 0 Å². The molecule has 0 N–H and O–H groups in total. The largest absolute Gasteiger partial charge is 0.545 e. The smallest absolute Gasteiger partial charge is 0.435 e. The van der Waals surface area contributed by atoms with Crippen LogP contribution in [0.25, 0.3) is 0 Å². The maximum Gasteiger partial charge on any atom is 0.435 e. The molecule has 4 nitrogen and oxygen atoms in total. The minimum atomic E-state index is -4.77. The number of halogens is 3. The van der Waals surface area contributed by atoms with Crippen LogP contribution in [0.1, 0.15) is 16.1 Å². The number of carbonyl (C=O) groups excluding carboxylic acids is 1. The van der Waals surface area contributed by atoms with Gasteiger partial charge < -0.3 is 9.90 Å². The summed E-state index contributed by atoms with van der Waals surface area (Å²) >= 11 is 0.